The molecule has 1 fully saturated rings. The second-order valence-corrected chi connectivity index (χ2v) is 11.0. The zero-order chi connectivity index (χ0) is 24.6. The van der Waals surface area contributed by atoms with Gasteiger partial charge in [-0.3, -0.25) is 4.79 Å². The predicted octanol–water partition coefficient (Wildman–Crippen LogP) is 3.62. The minimum absolute atomic E-state index is 0.0689. The summed E-state index contributed by atoms with van der Waals surface area (Å²) in [4.78, 5) is 19.2. The highest BCUT2D eigenvalue weighted by atomic mass is 32.2. The van der Waals surface area contributed by atoms with Gasteiger partial charge in [-0.2, -0.15) is 4.31 Å². The van der Waals surface area contributed by atoms with Crippen molar-refractivity contribution in [1.82, 2.24) is 18.8 Å². The number of carbonyl (C=O) groups is 1. The minimum Gasteiger partial charge on any atom is -0.336 e. The fraction of sp³-hybridized carbons (Fsp3) is 0.385. The molecule has 1 aliphatic rings. The summed E-state index contributed by atoms with van der Waals surface area (Å²) in [5.41, 5.74) is 6.51. The zero-order valence-electron chi connectivity index (χ0n) is 20.5. The third-order valence-corrected chi connectivity index (χ3v) is 9.35. The number of hydrogen-bond acceptors (Lipinski definition) is 4. The van der Waals surface area contributed by atoms with Crippen molar-refractivity contribution >= 4 is 15.9 Å². The van der Waals surface area contributed by atoms with Gasteiger partial charge >= 0.3 is 0 Å². The van der Waals surface area contributed by atoms with Crippen LogP contribution in [0.3, 0.4) is 0 Å². The van der Waals surface area contributed by atoms with Crippen molar-refractivity contribution in [3.8, 4) is 0 Å². The SMILES string of the molecule is Cc1c(C)c(C)c(S(=O)(=O)N2CCN(C(=O)c3ccc(Cn4ccnc4)cc3)CC2)c(C)c1C. The van der Waals surface area contributed by atoms with E-state index in [1.807, 2.05) is 69.6 Å². The Morgan fingerprint density at radius 2 is 1.41 bits per heavy atom. The number of carbonyl (C=O) groups excluding carboxylic acids is 1. The molecule has 1 aliphatic heterocycles. The fourth-order valence-corrected chi connectivity index (χ4v) is 6.62. The Morgan fingerprint density at radius 1 is 0.853 bits per heavy atom. The van der Waals surface area contributed by atoms with E-state index in [2.05, 4.69) is 4.98 Å². The molecule has 0 N–H and O–H groups in total. The number of piperazine rings is 1. The normalized spacial score (nSPS) is 15.0. The van der Waals surface area contributed by atoms with Crippen LogP contribution in [-0.2, 0) is 16.6 Å². The van der Waals surface area contributed by atoms with Crippen molar-refractivity contribution in [2.45, 2.75) is 46.1 Å². The highest BCUT2D eigenvalue weighted by Crippen LogP contribution is 2.32. The first-order valence-corrected chi connectivity index (χ1v) is 13.0. The Labute approximate surface area is 202 Å². The summed E-state index contributed by atoms with van der Waals surface area (Å²) in [6, 6.07) is 7.56. The number of benzene rings is 2. The van der Waals surface area contributed by atoms with Gasteiger partial charge in [-0.25, -0.2) is 13.4 Å². The third-order valence-electron chi connectivity index (χ3n) is 7.18. The van der Waals surface area contributed by atoms with Gasteiger partial charge in [0.25, 0.3) is 5.91 Å². The molecule has 4 rings (SSSR count). The molecular formula is C26H32N4O3S. The van der Waals surface area contributed by atoms with E-state index in [-0.39, 0.29) is 19.0 Å². The Bertz CT molecular complexity index is 1280. The van der Waals surface area contributed by atoms with E-state index in [0.717, 1.165) is 33.4 Å². The molecule has 0 spiro atoms. The lowest BCUT2D eigenvalue weighted by molar-refractivity contribution is 0.0698. The monoisotopic (exact) mass is 480 g/mol. The number of nitrogens with zero attached hydrogens (tertiary/aromatic N) is 4. The maximum atomic E-state index is 13.6. The van der Waals surface area contributed by atoms with E-state index in [4.69, 9.17) is 0 Å². The van der Waals surface area contributed by atoms with Gasteiger partial charge in [0.15, 0.2) is 0 Å². The quantitative estimate of drug-likeness (QED) is 0.559. The summed E-state index contributed by atoms with van der Waals surface area (Å²) < 4.78 is 30.6. The first kappa shape index (κ1) is 24.2. The summed E-state index contributed by atoms with van der Waals surface area (Å²) >= 11 is 0. The van der Waals surface area contributed by atoms with Gasteiger partial charge in [0.2, 0.25) is 10.0 Å². The lowest BCUT2D eigenvalue weighted by Crippen LogP contribution is -2.50. The number of sulfonamides is 1. The first-order chi connectivity index (χ1) is 16.1. The Kier molecular flexibility index (Phi) is 6.64. The maximum absolute atomic E-state index is 13.6. The number of imidazole rings is 1. The molecule has 34 heavy (non-hydrogen) atoms. The summed E-state index contributed by atoms with van der Waals surface area (Å²) in [7, 11) is -3.64. The lowest BCUT2D eigenvalue weighted by Gasteiger charge is -2.35. The molecule has 0 bridgehead atoms. The van der Waals surface area contributed by atoms with Gasteiger partial charge in [-0.15, -0.1) is 0 Å². The number of rotatable bonds is 5. The van der Waals surface area contributed by atoms with Crippen molar-refractivity contribution in [3.63, 3.8) is 0 Å². The van der Waals surface area contributed by atoms with E-state index < -0.39 is 10.0 Å². The van der Waals surface area contributed by atoms with Crippen molar-refractivity contribution in [2.75, 3.05) is 26.2 Å². The molecule has 2 heterocycles. The molecule has 1 aromatic heterocycles. The van der Waals surface area contributed by atoms with Gasteiger partial charge in [0, 0.05) is 50.7 Å². The molecule has 1 saturated heterocycles. The molecule has 1 amide bonds. The molecule has 0 atom stereocenters. The number of amides is 1. The van der Waals surface area contributed by atoms with Crippen molar-refractivity contribution in [3.05, 3.63) is 81.9 Å². The molecule has 0 saturated carbocycles. The van der Waals surface area contributed by atoms with Crippen molar-refractivity contribution in [2.24, 2.45) is 0 Å². The maximum Gasteiger partial charge on any atom is 0.253 e. The van der Waals surface area contributed by atoms with Crippen LogP contribution < -0.4 is 0 Å². The molecule has 0 radical (unpaired) electrons. The average molecular weight is 481 g/mol. The standard InChI is InChI=1S/C26H32N4O3S/c1-18-19(2)21(4)25(22(5)20(18)3)34(32,33)30-14-12-29(13-15-30)26(31)24-8-6-23(7-9-24)16-28-11-10-27-17-28/h6-11,17H,12-16H2,1-5H3. The van der Waals surface area contributed by atoms with Crippen molar-refractivity contribution < 1.29 is 13.2 Å². The van der Waals surface area contributed by atoms with Crippen LogP contribution >= 0.6 is 0 Å². The van der Waals surface area contributed by atoms with Gasteiger partial charge in [0.05, 0.1) is 11.2 Å². The van der Waals surface area contributed by atoms with E-state index >= 15 is 0 Å². The van der Waals surface area contributed by atoms with Gasteiger partial charge in [-0.1, -0.05) is 12.1 Å². The van der Waals surface area contributed by atoms with Crippen LogP contribution in [0.2, 0.25) is 0 Å². The fourth-order valence-electron chi connectivity index (χ4n) is 4.64. The van der Waals surface area contributed by atoms with E-state index in [1.54, 1.807) is 17.4 Å². The molecule has 3 aromatic rings. The summed E-state index contributed by atoms with van der Waals surface area (Å²) in [5, 5.41) is 0. The van der Waals surface area contributed by atoms with Crippen LogP contribution in [0, 0.1) is 34.6 Å². The Morgan fingerprint density at radius 3 is 1.94 bits per heavy atom. The number of aromatic nitrogens is 2. The molecule has 180 valence electrons. The molecule has 2 aromatic carbocycles. The van der Waals surface area contributed by atoms with Crippen LogP contribution in [0.25, 0.3) is 0 Å². The molecular weight excluding hydrogens is 448 g/mol. The predicted molar refractivity (Wildman–Crippen MR) is 133 cm³/mol. The molecule has 0 aliphatic carbocycles. The number of hydrogen-bond donors (Lipinski definition) is 0. The van der Waals surface area contributed by atoms with E-state index in [1.165, 1.54) is 4.31 Å². The minimum atomic E-state index is -3.64. The molecule has 0 unspecified atom stereocenters. The molecule has 8 heteroatoms. The van der Waals surface area contributed by atoms with E-state index in [9.17, 15) is 13.2 Å². The van der Waals surface area contributed by atoms with Crippen LogP contribution in [0.5, 0.6) is 0 Å². The average Bonchev–Trinajstić information content (AvgIpc) is 3.34. The third kappa shape index (κ3) is 4.40. The first-order valence-electron chi connectivity index (χ1n) is 11.5. The van der Waals surface area contributed by atoms with Crippen LogP contribution in [-0.4, -0.2) is 59.3 Å². The Hall–Kier alpha value is -2.97. The Balaban J connectivity index is 1.45. The van der Waals surface area contributed by atoms with Crippen LogP contribution in [0.4, 0.5) is 0 Å². The van der Waals surface area contributed by atoms with Gasteiger partial charge in [-0.05, 0) is 80.1 Å². The topological polar surface area (TPSA) is 75.5 Å². The smallest absolute Gasteiger partial charge is 0.253 e. The highest BCUT2D eigenvalue weighted by molar-refractivity contribution is 7.89. The van der Waals surface area contributed by atoms with Crippen LogP contribution in [0.15, 0.2) is 47.9 Å². The van der Waals surface area contributed by atoms with Gasteiger partial charge in [0.1, 0.15) is 0 Å². The largest absolute Gasteiger partial charge is 0.336 e. The lowest BCUT2D eigenvalue weighted by atomic mass is 9.95. The zero-order valence-corrected chi connectivity index (χ0v) is 21.3. The second-order valence-electron chi connectivity index (χ2n) is 9.08. The van der Waals surface area contributed by atoms with Crippen LogP contribution in [0.1, 0.15) is 43.7 Å². The van der Waals surface area contributed by atoms with Crippen molar-refractivity contribution in [1.29, 1.82) is 0 Å². The second kappa shape index (κ2) is 9.35. The summed E-state index contributed by atoms with van der Waals surface area (Å²) in [6.07, 6.45) is 5.39. The summed E-state index contributed by atoms with van der Waals surface area (Å²) in [6.45, 7) is 11.8. The van der Waals surface area contributed by atoms with Gasteiger partial charge < -0.3 is 9.47 Å². The van der Waals surface area contributed by atoms with E-state index in [0.29, 0.717) is 30.1 Å². The molecule has 7 nitrogen and oxygen atoms in total. The summed E-state index contributed by atoms with van der Waals surface area (Å²) in [5.74, 6) is -0.0689. The highest BCUT2D eigenvalue weighted by Gasteiger charge is 2.33.